The van der Waals surface area contributed by atoms with E-state index in [9.17, 15) is 0 Å². The summed E-state index contributed by atoms with van der Waals surface area (Å²) in [5.41, 5.74) is 7.75. The van der Waals surface area contributed by atoms with Crippen LogP contribution in [0.15, 0.2) is 49.7 Å². The first-order chi connectivity index (χ1) is 11.3. The predicted octanol–water partition coefficient (Wildman–Crippen LogP) is 4.09. The lowest BCUT2D eigenvalue weighted by Gasteiger charge is -2.07. The molecular formula is C19H31N3O. The number of hydrogen-bond acceptors (Lipinski definition) is 3. The number of nitrogens with zero attached hydrogens (tertiary/aromatic N) is 2. The van der Waals surface area contributed by atoms with E-state index in [1.807, 2.05) is 39.0 Å². The van der Waals surface area contributed by atoms with Gasteiger partial charge in [-0.25, -0.2) is 4.98 Å². The van der Waals surface area contributed by atoms with E-state index in [1.165, 1.54) is 5.56 Å². The molecule has 0 spiro atoms. The first kappa shape index (κ1) is 21.1. The Balaban J connectivity index is 0.00000112. The SMILES string of the molecule is C=C.CC.Cc1cn(CCCN)c(COCc2ccccc2)n1. The molecule has 2 aromatic rings. The molecule has 0 amide bonds. The van der Waals surface area contributed by atoms with Crippen LogP contribution in [0, 0.1) is 6.92 Å². The van der Waals surface area contributed by atoms with E-state index < -0.39 is 0 Å². The van der Waals surface area contributed by atoms with Gasteiger partial charge in [0.2, 0.25) is 0 Å². The molecule has 23 heavy (non-hydrogen) atoms. The fraction of sp³-hybridized carbons (Fsp3) is 0.421. The maximum absolute atomic E-state index is 5.73. The first-order valence-electron chi connectivity index (χ1n) is 8.14. The lowest BCUT2D eigenvalue weighted by Crippen LogP contribution is -2.09. The average Bonchev–Trinajstić information content (AvgIpc) is 2.97. The topological polar surface area (TPSA) is 53.1 Å². The third-order valence-electron chi connectivity index (χ3n) is 2.93. The normalized spacial score (nSPS) is 9.39. The molecule has 0 aliphatic rings. The molecule has 0 aliphatic heterocycles. The number of ether oxygens (including phenoxy) is 1. The first-order valence-corrected chi connectivity index (χ1v) is 8.14. The van der Waals surface area contributed by atoms with Gasteiger partial charge in [0.15, 0.2) is 0 Å². The Labute approximate surface area is 141 Å². The number of aryl methyl sites for hydroxylation is 2. The Kier molecular flexibility index (Phi) is 12.6. The van der Waals surface area contributed by atoms with Crippen molar-refractivity contribution in [3.63, 3.8) is 0 Å². The monoisotopic (exact) mass is 317 g/mol. The minimum Gasteiger partial charge on any atom is -0.369 e. The molecule has 1 aromatic heterocycles. The van der Waals surface area contributed by atoms with Gasteiger partial charge in [-0.05, 0) is 25.5 Å². The van der Waals surface area contributed by atoms with Crippen LogP contribution in [0.3, 0.4) is 0 Å². The van der Waals surface area contributed by atoms with E-state index in [4.69, 9.17) is 10.5 Å². The van der Waals surface area contributed by atoms with Crippen molar-refractivity contribution in [3.05, 3.63) is 66.8 Å². The summed E-state index contributed by atoms with van der Waals surface area (Å²) < 4.78 is 7.86. The Morgan fingerprint density at radius 1 is 1.13 bits per heavy atom. The van der Waals surface area contributed by atoms with Crippen molar-refractivity contribution in [2.75, 3.05) is 6.54 Å². The van der Waals surface area contributed by atoms with Crippen molar-refractivity contribution < 1.29 is 4.74 Å². The molecule has 128 valence electrons. The Hall–Kier alpha value is -1.91. The number of aromatic nitrogens is 2. The summed E-state index contributed by atoms with van der Waals surface area (Å²) >= 11 is 0. The van der Waals surface area contributed by atoms with Crippen LogP contribution in [0.5, 0.6) is 0 Å². The zero-order chi connectivity index (χ0) is 17.5. The highest BCUT2D eigenvalue weighted by Gasteiger charge is 2.05. The third-order valence-corrected chi connectivity index (χ3v) is 2.93. The van der Waals surface area contributed by atoms with E-state index in [2.05, 4.69) is 41.0 Å². The van der Waals surface area contributed by atoms with Crippen molar-refractivity contribution in [2.24, 2.45) is 5.73 Å². The van der Waals surface area contributed by atoms with Crippen molar-refractivity contribution in [1.82, 2.24) is 9.55 Å². The Morgan fingerprint density at radius 2 is 1.78 bits per heavy atom. The van der Waals surface area contributed by atoms with E-state index in [-0.39, 0.29) is 0 Å². The molecule has 0 saturated carbocycles. The number of nitrogens with two attached hydrogens (primary N) is 1. The summed E-state index contributed by atoms with van der Waals surface area (Å²) in [6.45, 7) is 14.7. The highest BCUT2D eigenvalue weighted by molar-refractivity contribution is 5.13. The summed E-state index contributed by atoms with van der Waals surface area (Å²) in [5.74, 6) is 0.974. The van der Waals surface area contributed by atoms with Crippen molar-refractivity contribution >= 4 is 0 Å². The van der Waals surface area contributed by atoms with Crippen LogP contribution in [0.25, 0.3) is 0 Å². The largest absolute Gasteiger partial charge is 0.369 e. The van der Waals surface area contributed by atoms with Crippen LogP contribution >= 0.6 is 0 Å². The minimum atomic E-state index is 0.535. The van der Waals surface area contributed by atoms with Crippen LogP contribution in [-0.4, -0.2) is 16.1 Å². The summed E-state index contributed by atoms with van der Waals surface area (Å²) in [4.78, 5) is 4.49. The summed E-state index contributed by atoms with van der Waals surface area (Å²) in [5, 5.41) is 0. The quantitative estimate of drug-likeness (QED) is 0.783. The molecule has 1 aromatic carbocycles. The van der Waals surface area contributed by atoms with Gasteiger partial charge in [-0.2, -0.15) is 0 Å². The lowest BCUT2D eigenvalue weighted by atomic mass is 10.2. The zero-order valence-corrected chi connectivity index (χ0v) is 14.8. The molecule has 0 bridgehead atoms. The summed E-state index contributed by atoms with van der Waals surface area (Å²) in [7, 11) is 0. The second-order valence-electron chi connectivity index (χ2n) is 4.61. The zero-order valence-electron chi connectivity index (χ0n) is 14.8. The van der Waals surface area contributed by atoms with Gasteiger partial charge in [0.05, 0.1) is 12.3 Å². The van der Waals surface area contributed by atoms with Crippen molar-refractivity contribution in [2.45, 2.75) is 47.0 Å². The van der Waals surface area contributed by atoms with Gasteiger partial charge in [-0.1, -0.05) is 44.2 Å². The van der Waals surface area contributed by atoms with Crippen molar-refractivity contribution in [3.8, 4) is 0 Å². The van der Waals surface area contributed by atoms with Crippen molar-refractivity contribution in [1.29, 1.82) is 0 Å². The standard InChI is InChI=1S/C15H21N3O.C2H6.C2H4/c1-13-10-18(9-5-8-16)15(17-13)12-19-11-14-6-3-2-4-7-14;2*1-2/h2-4,6-7,10H,5,8-9,11-12,16H2,1H3;1-2H3;1-2H2. The molecule has 2 N–H and O–H groups in total. The molecule has 0 atom stereocenters. The molecule has 0 fully saturated rings. The molecule has 4 heteroatoms. The average molecular weight is 317 g/mol. The molecule has 0 unspecified atom stereocenters. The maximum atomic E-state index is 5.73. The predicted molar refractivity (Wildman–Crippen MR) is 98.2 cm³/mol. The molecule has 0 radical (unpaired) electrons. The van der Waals surface area contributed by atoms with Gasteiger partial charge in [-0.3, -0.25) is 0 Å². The van der Waals surface area contributed by atoms with E-state index >= 15 is 0 Å². The van der Waals surface area contributed by atoms with Gasteiger partial charge in [0, 0.05) is 12.7 Å². The van der Waals surface area contributed by atoms with Crippen LogP contribution < -0.4 is 5.73 Å². The Bertz CT molecular complexity index is 509. The second kappa shape index (κ2) is 13.7. The molecule has 0 aliphatic carbocycles. The highest BCUT2D eigenvalue weighted by atomic mass is 16.5. The molecule has 0 saturated heterocycles. The summed E-state index contributed by atoms with van der Waals surface area (Å²) in [6, 6.07) is 10.2. The molecular weight excluding hydrogens is 286 g/mol. The maximum Gasteiger partial charge on any atom is 0.135 e. The number of imidazole rings is 1. The number of benzene rings is 1. The fourth-order valence-corrected chi connectivity index (χ4v) is 2.00. The smallest absolute Gasteiger partial charge is 0.135 e. The van der Waals surface area contributed by atoms with Crippen LogP contribution in [0.4, 0.5) is 0 Å². The van der Waals surface area contributed by atoms with Gasteiger partial charge in [0.25, 0.3) is 0 Å². The highest BCUT2D eigenvalue weighted by Crippen LogP contribution is 2.07. The van der Waals surface area contributed by atoms with Crippen LogP contribution in [-0.2, 0) is 24.5 Å². The van der Waals surface area contributed by atoms with Gasteiger partial charge >= 0.3 is 0 Å². The number of hydrogen-bond donors (Lipinski definition) is 1. The molecule has 2 rings (SSSR count). The fourth-order valence-electron chi connectivity index (χ4n) is 2.00. The minimum absolute atomic E-state index is 0.535. The third kappa shape index (κ3) is 8.33. The van der Waals surface area contributed by atoms with E-state index in [0.29, 0.717) is 19.8 Å². The van der Waals surface area contributed by atoms with E-state index in [1.54, 1.807) is 0 Å². The van der Waals surface area contributed by atoms with Gasteiger partial charge < -0.3 is 15.0 Å². The number of rotatable bonds is 7. The molecule has 4 nitrogen and oxygen atoms in total. The van der Waals surface area contributed by atoms with Crippen LogP contribution in [0.2, 0.25) is 0 Å². The Morgan fingerprint density at radius 3 is 2.39 bits per heavy atom. The van der Waals surface area contributed by atoms with Crippen LogP contribution in [0.1, 0.15) is 37.4 Å². The lowest BCUT2D eigenvalue weighted by molar-refractivity contribution is 0.0992. The van der Waals surface area contributed by atoms with Gasteiger partial charge in [0.1, 0.15) is 12.4 Å². The van der Waals surface area contributed by atoms with E-state index in [0.717, 1.165) is 24.5 Å². The van der Waals surface area contributed by atoms with Gasteiger partial charge in [-0.15, -0.1) is 13.2 Å². The second-order valence-corrected chi connectivity index (χ2v) is 4.61. The molecule has 1 heterocycles. The summed E-state index contributed by atoms with van der Waals surface area (Å²) in [6.07, 6.45) is 3.01.